The number of benzene rings is 1. The van der Waals surface area contributed by atoms with Crippen molar-refractivity contribution < 1.29 is 4.74 Å². The molecule has 7 heteroatoms. The van der Waals surface area contributed by atoms with Crippen LogP contribution in [0.2, 0.25) is 0 Å². The first-order valence-corrected chi connectivity index (χ1v) is 10.4. The van der Waals surface area contributed by atoms with Crippen molar-refractivity contribution in [2.45, 2.75) is 53.5 Å². The van der Waals surface area contributed by atoms with Crippen molar-refractivity contribution in [3.05, 3.63) is 45.2 Å². The minimum absolute atomic E-state index is 0.0130. The highest BCUT2D eigenvalue weighted by molar-refractivity contribution is 7.09. The first-order chi connectivity index (χ1) is 13.7. The van der Waals surface area contributed by atoms with E-state index in [1.807, 2.05) is 13.1 Å². The topological polar surface area (TPSA) is 86.5 Å². The number of rotatable bonds is 5. The Labute approximate surface area is 176 Å². The molecule has 1 aromatic carbocycles. The van der Waals surface area contributed by atoms with Gasteiger partial charge in [0.15, 0.2) is 10.6 Å². The van der Waals surface area contributed by atoms with Crippen LogP contribution in [0.3, 0.4) is 0 Å². The fourth-order valence-corrected chi connectivity index (χ4v) is 3.74. The van der Waals surface area contributed by atoms with Gasteiger partial charge in [0.25, 0.3) is 0 Å². The predicted octanol–water partition coefficient (Wildman–Crippen LogP) is 4.60. The number of hydrogen-bond acceptors (Lipinski definition) is 5. The molecule has 152 valence electrons. The molecule has 29 heavy (non-hydrogen) atoms. The number of ether oxygens (including phenoxy) is 1. The van der Waals surface area contributed by atoms with Crippen LogP contribution in [0.25, 0.3) is 0 Å². The van der Waals surface area contributed by atoms with E-state index in [4.69, 9.17) is 9.73 Å². The number of amidine groups is 1. The number of hydrogen-bond donors (Lipinski definition) is 0. The van der Waals surface area contributed by atoms with Crippen molar-refractivity contribution in [1.82, 2.24) is 4.57 Å². The first kappa shape index (κ1) is 22.4. The molecule has 0 bridgehead atoms. The Morgan fingerprint density at radius 2 is 2.00 bits per heavy atom. The highest BCUT2D eigenvalue weighted by Gasteiger charge is 2.19. The Morgan fingerprint density at radius 3 is 2.55 bits per heavy atom. The molecule has 0 saturated carbocycles. The Hall–Kier alpha value is -2.90. The van der Waals surface area contributed by atoms with E-state index in [1.165, 1.54) is 4.88 Å². The molecule has 6 nitrogen and oxygen atoms in total. The largest absolute Gasteiger partial charge is 0.493 e. The van der Waals surface area contributed by atoms with E-state index in [1.54, 1.807) is 29.5 Å². The zero-order chi connectivity index (χ0) is 21.6. The monoisotopic (exact) mass is 409 g/mol. The molecule has 2 rings (SSSR count). The number of nitriles is 2. The highest BCUT2D eigenvalue weighted by atomic mass is 32.1. The van der Waals surface area contributed by atoms with E-state index in [0.717, 1.165) is 11.3 Å². The van der Waals surface area contributed by atoms with Crippen LogP contribution in [0.1, 0.15) is 57.5 Å². The van der Waals surface area contributed by atoms with E-state index >= 15 is 0 Å². The maximum absolute atomic E-state index is 9.29. The third kappa shape index (κ3) is 5.79. The van der Waals surface area contributed by atoms with E-state index in [9.17, 15) is 10.5 Å². The lowest BCUT2D eigenvalue weighted by Crippen LogP contribution is -2.19. The molecule has 1 heterocycles. The van der Waals surface area contributed by atoms with Crippen molar-refractivity contribution in [1.29, 1.82) is 10.5 Å². The Bertz CT molecular complexity index is 1040. The van der Waals surface area contributed by atoms with Gasteiger partial charge in [-0.15, -0.1) is 11.3 Å². The average molecular weight is 410 g/mol. The zero-order valence-corrected chi connectivity index (χ0v) is 18.7. The van der Waals surface area contributed by atoms with Crippen molar-refractivity contribution in [3.8, 4) is 18.0 Å². The minimum atomic E-state index is -0.0130. The van der Waals surface area contributed by atoms with Crippen LogP contribution in [0, 0.1) is 28.7 Å². The van der Waals surface area contributed by atoms with E-state index < -0.39 is 0 Å². The molecule has 0 saturated heterocycles. The van der Waals surface area contributed by atoms with Crippen LogP contribution in [0.15, 0.2) is 34.4 Å². The van der Waals surface area contributed by atoms with Crippen LogP contribution < -0.4 is 9.54 Å². The van der Waals surface area contributed by atoms with E-state index in [2.05, 4.69) is 56.4 Å². The molecule has 0 aliphatic heterocycles. The summed E-state index contributed by atoms with van der Waals surface area (Å²) in [5, 5.41) is 18.6. The maximum atomic E-state index is 9.29. The Morgan fingerprint density at radius 1 is 1.28 bits per heavy atom. The van der Waals surface area contributed by atoms with Gasteiger partial charge in [0.1, 0.15) is 5.75 Å². The van der Waals surface area contributed by atoms with Gasteiger partial charge in [-0.2, -0.15) is 20.5 Å². The quantitative estimate of drug-likeness (QED) is 0.411. The van der Waals surface area contributed by atoms with Crippen molar-refractivity contribution in [2.24, 2.45) is 15.9 Å². The van der Waals surface area contributed by atoms with Crippen molar-refractivity contribution >= 4 is 17.2 Å². The molecule has 0 atom stereocenters. The molecule has 0 N–H and O–H groups in total. The third-order valence-corrected chi connectivity index (χ3v) is 5.47. The Balaban J connectivity index is 2.72. The fraction of sp³-hybridized carbons (Fsp3) is 0.455. The summed E-state index contributed by atoms with van der Waals surface area (Å²) in [6.07, 6.45) is 3.97. The van der Waals surface area contributed by atoms with Crippen LogP contribution >= 0.6 is 11.3 Å². The molecule has 1 aromatic heterocycles. The van der Waals surface area contributed by atoms with Gasteiger partial charge in [-0.1, -0.05) is 34.6 Å². The average Bonchev–Trinajstić information content (AvgIpc) is 3.04. The summed E-state index contributed by atoms with van der Waals surface area (Å²) >= 11 is 1.59. The summed E-state index contributed by atoms with van der Waals surface area (Å²) in [6.45, 7) is 13.9. The molecular formula is C22H27N5OS. The second-order valence-electron chi connectivity index (χ2n) is 8.08. The lowest BCUT2D eigenvalue weighted by Gasteiger charge is -2.14. The summed E-state index contributed by atoms with van der Waals surface area (Å²) in [4.78, 5) is 10.7. The van der Waals surface area contributed by atoms with E-state index in [-0.39, 0.29) is 11.3 Å². The number of thiazole rings is 1. The normalized spacial score (nSPS) is 12.7. The van der Waals surface area contributed by atoms with Gasteiger partial charge in [0.05, 0.1) is 23.8 Å². The third-order valence-electron chi connectivity index (χ3n) is 4.03. The second kappa shape index (κ2) is 9.54. The number of nitrogens with zero attached hydrogens (tertiary/aromatic N) is 5. The zero-order valence-electron chi connectivity index (χ0n) is 17.9. The molecule has 0 aliphatic rings. The van der Waals surface area contributed by atoms with Gasteiger partial charge in [-0.05, 0) is 36.5 Å². The van der Waals surface area contributed by atoms with Crippen LogP contribution in [-0.2, 0) is 12.0 Å². The summed E-state index contributed by atoms with van der Waals surface area (Å²) in [5.41, 5.74) is 0.983. The maximum Gasteiger partial charge on any atom is 0.207 e. The van der Waals surface area contributed by atoms with E-state index in [0.29, 0.717) is 29.4 Å². The molecule has 0 unspecified atom stereocenters. The van der Waals surface area contributed by atoms with Gasteiger partial charge in [0.2, 0.25) is 6.19 Å². The molecule has 0 aliphatic carbocycles. The van der Waals surface area contributed by atoms with Crippen molar-refractivity contribution in [3.63, 3.8) is 0 Å². The van der Waals surface area contributed by atoms with Crippen molar-refractivity contribution in [2.75, 3.05) is 6.61 Å². The van der Waals surface area contributed by atoms with Gasteiger partial charge in [0, 0.05) is 17.6 Å². The van der Waals surface area contributed by atoms with Crippen LogP contribution in [0.4, 0.5) is 0 Å². The number of aromatic nitrogens is 1. The first-order valence-electron chi connectivity index (χ1n) is 9.59. The lowest BCUT2D eigenvalue weighted by atomic mass is 9.95. The SMILES string of the molecule is CCOc1ccc(C#N)cc1C(=NC#N)/N=c1\sc(C(C)(C)C)cn1CC(C)C. The minimum Gasteiger partial charge on any atom is -0.493 e. The van der Waals surface area contributed by atoms with Crippen LogP contribution in [0.5, 0.6) is 5.75 Å². The summed E-state index contributed by atoms with van der Waals surface area (Å²) in [6, 6.07) is 7.18. The lowest BCUT2D eigenvalue weighted by molar-refractivity contribution is 0.339. The Kier molecular flexibility index (Phi) is 7.36. The van der Waals surface area contributed by atoms with Gasteiger partial charge in [-0.25, -0.2) is 0 Å². The molecule has 2 aromatic rings. The molecule has 0 fully saturated rings. The van der Waals surface area contributed by atoms with Gasteiger partial charge < -0.3 is 9.30 Å². The summed E-state index contributed by atoms with van der Waals surface area (Å²) < 4.78 is 7.80. The standard InChI is InChI=1S/C22H27N5OS/c1-7-28-18-9-8-16(11-23)10-17(18)20(25-14-24)26-21-27(12-15(2)3)13-19(29-21)22(4,5)6/h8-10,13,15H,7,12H2,1-6H3/b25-20?,26-21-. The number of aliphatic imine (C=N–C) groups is 1. The molecule has 0 radical (unpaired) electrons. The van der Waals surface area contributed by atoms with Crippen LogP contribution in [-0.4, -0.2) is 17.0 Å². The van der Waals surface area contributed by atoms with Gasteiger partial charge >= 0.3 is 0 Å². The molecular weight excluding hydrogens is 382 g/mol. The summed E-state index contributed by atoms with van der Waals surface area (Å²) in [5.74, 6) is 1.23. The second-order valence-corrected chi connectivity index (χ2v) is 9.09. The predicted molar refractivity (Wildman–Crippen MR) is 116 cm³/mol. The molecule has 0 amide bonds. The molecule has 0 spiro atoms. The summed E-state index contributed by atoms with van der Waals surface area (Å²) in [7, 11) is 0. The smallest absolute Gasteiger partial charge is 0.207 e. The van der Waals surface area contributed by atoms with Gasteiger partial charge in [-0.3, -0.25) is 0 Å². The fourth-order valence-electron chi connectivity index (χ4n) is 2.68. The highest BCUT2D eigenvalue weighted by Crippen LogP contribution is 2.25.